The number of hydrogen-bond acceptors (Lipinski definition) is 4. The summed E-state index contributed by atoms with van der Waals surface area (Å²) in [5.41, 5.74) is 2.41. The molecule has 0 radical (unpaired) electrons. The van der Waals surface area contributed by atoms with Crippen LogP contribution in [0.4, 0.5) is 0 Å². The number of amides is 1. The summed E-state index contributed by atoms with van der Waals surface area (Å²) in [4.78, 5) is 40.3. The molecular formula is C29H35N5O3. The number of hydrogen-bond donors (Lipinski definition) is 1. The number of carbonyl (C=O) groups is 1. The molecule has 5 rings (SSSR count). The molecule has 1 aliphatic carbocycles. The van der Waals surface area contributed by atoms with E-state index >= 15 is 0 Å². The van der Waals surface area contributed by atoms with Crippen LogP contribution in [0.25, 0.3) is 16.7 Å². The fourth-order valence-electron chi connectivity index (χ4n) is 5.13. The molecule has 2 heterocycles. The molecule has 37 heavy (non-hydrogen) atoms. The minimum atomic E-state index is -0.330. The fourth-order valence-corrected chi connectivity index (χ4v) is 5.13. The molecule has 8 nitrogen and oxygen atoms in total. The van der Waals surface area contributed by atoms with Crippen LogP contribution in [-0.4, -0.2) is 30.7 Å². The Morgan fingerprint density at radius 2 is 1.78 bits per heavy atom. The molecule has 1 aliphatic rings. The quantitative estimate of drug-likeness (QED) is 0.409. The first-order valence-electron chi connectivity index (χ1n) is 13.3. The number of nitrogens with one attached hydrogen (secondary N) is 1. The van der Waals surface area contributed by atoms with Crippen LogP contribution in [0.5, 0.6) is 0 Å². The van der Waals surface area contributed by atoms with Crippen molar-refractivity contribution in [2.24, 2.45) is 5.92 Å². The van der Waals surface area contributed by atoms with Crippen molar-refractivity contribution in [1.82, 2.24) is 24.1 Å². The van der Waals surface area contributed by atoms with Gasteiger partial charge in [0, 0.05) is 18.2 Å². The minimum absolute atomic E-state index is 0.168. The molecule has 0 unspecified atom stereocenters. The number of aromatic nitrogens is 4. The molecule has 2 aromatic heterocycles. The molecule has 194 valence electrons. The lowest BCUT2D eigenvalue weighted by Crippen LogP contribution is -2.36. The van der Waals surface area contributed by atoms with Crippen molar-refractivity contribution in [3.05, 3.63) is 80.0 Å². The van der Waals surface area contributed by atoms with Crippen LogP contribution in [0, 0.1) is 12.8 Å². The van der Waals surface area contributed by atoms with Gasteiger partial charge in [-0.3, -0.25) is 14.2 Å². The van der Waals surface area contributed by atoms with Crippen molar-refractivity contribution < 1.29 is 4.79 Å². The van der Waals surface area contributed by atoms with Crippen molar-refractivity contribution in [3.8, 4) is 0 Å². The standard InChI is InChI=1S/C29H35N5O3/c1-19(2)15-16-32-27(36)24-14-13-22(26(35)30-23-7-5-4-6-8-23)17-25(24)34-28(32)31-33(29(34)37)18-21-11-9-20(3)10-12-21/h9-14,17,19,23H,4-8,15-16,18H2,1-3H3,(H,30,35). The lowest BCUT2D eigenvalue weighted by Gasteiger charge is -2.22. The Morgan fingerprint density at radius 1 is 1.05 bits per heavy atom. The van der Waals surface area contributed by atoms with Crippen molar-refractivity contribution in [2.45, 2.75) is 78.4 Å². The maximum Gasteiger partial charge on any atom is 0.352 e. The van der Waals surface area contributed by atoms with E-state index in [0.29, 0.717) is 41.3 Å². The second-order valence-electron chi connectivity index (χ2n) is 10.7. The molecule has 1 fully saturated rings. The van der Waals surface area contributed by atoms with E-state index in [2.05, 4.69) is 24.3 Å². The van der Waals surface area contributed by atoms with E-state index in [4.69, 9.17) is 0 Å². The first-order valence-corrected chi connectivity index (χ1v) is 13.3. The number of carbonyl (C=O) groups excluding carboxylic acids is 1. The van der Waals surface area contributed by atoms with Gasteiger partial charge in [-0.15, -0.1) is 5.10 Å². The maximum atomic E-state index is 13.7. The molecule has 0 saturated heterocycles. The lowest BCUT2D eigenvalue weighted by atomic mass is 9.95. The predicted octanol–water partition coefficient (Wildman–Crippen LogP) is 4.28. The number of fused-ring (bicyclic) bond motifs is 3. The Morgan fingerprint density at radius 3 is 2.49 bits per heavy atom. The van der Waals surface area contributed by atoms with E-state index in [0.717, 1.165) is 43.2 Å². The van der Waals surface area contributed by atoms with Gasteiger partial charge in [-0.2, -0.15) is 0 Å². The van der Waals surface area contributed by atoms with Gasteiger partial charge in [0.15, 0.2) is 0 Å². The summed E-state index contributed by atoms with van der Waals surface area (Å²) in [5.74, 6) is 0.515. The molecule has 0 aliphatic heterocycles. The maximum absolute atomic E-state index is 13.7. The molecular weight excluding hydrogens is 466 g/mol. The summed E-state index contributed by atoms with van der Waals surface area (Å²) in [6.07, 6.45) is 6.19. The third-order valence-electron chi connectivity index (χ3n) is 7.36. The third-order valence-corrected chi connectivity index (χ3v) is 7.36. The highest BCUT2D eigenvalue weighted by Crippen LogP contribution is 2.19. The molecule has 0 spiro atoms. The first-order chi connectivity index (χ1) is 17.8. The summed E-state index contributed by atoms with van der Waals surface area (Å²) in [5, 5.41) is 8.15. The third kappa shape index (κ3) is 5.10. The van der Waals surface area contributed by atoms with Crippen LogP contribution >= 0.6 is 0 Å². The minimum Gasteiger partial charge on any atom is -0.349 e. The van der Waals surface area contributed by atoms with Gasteiger partial charge >= 0.3 is 5.69 Å². The molecule has 1 N–H and O–H groups in total. The van der Waals surface area contributed by atoms with Crippen molar-refractivity contribution in [2.75, 3.05) is 0 Å². The zero-order chi connectivity index (χ0) is 26.1. The van der Waals surface area contributed by atoms with Crippen molar-refractivity contribution >= 4 is 22.6 Å². The van der Waals surface area contributed by atoms with Gasteiger partial charge in [0.1, 0.15) is 0 Å². The molecule has 0 bridgehead atoms. The van der Waals surface area contributed by atoms with Gasteiger partial charge in [0.25, 0.3) is 11.5 Å². The number of rotatable bonds is 7. The van der Waals surface area contributed by atoms with E-state index in [-0.39, 0.29) is 23.2 Å². The van der Waals surface area contributed by atoms with Gasteiger partial charge in [-0.05, 0) is 55.9 Å². The number of aryl methyl sites for hydroxylation is 2. The van der Waals surface area contributed by atoms with Crippen LogP contribution in [0.2, 0.25) is 0 Å². The van der Waals surface area contributed by atoms with Crippen molar-refractivity contribution in [1.29, 1.82) is 0 Å². The highest BCUT2D eigenvalue weighted by molar-refractivity contribution is 5.98. The van der Waals surface area contributed by atoms with Gasteiger partial charge in [-0.1, -0.05) is 62.9 Å². The van der Waals surface area contributed by atoms with Crippen LogP contribution in [0.15, 0.2) is 52.1 Å². The summed E-state index contributed by atoms with van der Waals surface area (Å²) >= 11 is 0. The Hall–Kier alpha value is -3.68. The summed E-state index contributed by atoms with van der Waals surface area (Å²) in [7, 11) is 0. The van der Waals surface area contributed by atoms with Crippen LogP contribution in [-0.2, 0) is 13.1 Å². The highest BCUT2D eigenvalue weighted by atomic mass is 16.2. The lowest BCUT2D eigenvalue weighted by molar-refractivity contribution is 0.0928. The summed E-state index contributed by atoms with van der Waals surface area (Å²) in [6, 6.07) is 13.1. The molecule has 8 heteroatoms. The smallest absolute Gasteiger partial charge is 0.349 e. The van der Waals surface area contributed by atoms with E-state index in [9.17, 15) is 14.4 Å². The summed E-state index contributed by atoms with van der Waals surface area (Å²) in [6.45, 7) is 6.97. The average Bonchev–Trinajstić information content (AvgIpc) is 3.21. The zero-order valence-corrected chi connectivity index (χ0v) is 21.9. The van der Waals surface area contributed by atoms with E-state index in [1.807, 2.05) is 31.2 Å². The van der Waals surface area contributed by atoms with Gasteiger partial charge in [0.05, 0.1) is 17.4 Å². The number of benzene rings is 2. The summed E-state index contributed by atoms with van der Waals surface area (Å²) < 4.78 is 4.49. The van der Waals surface area contributed by atoms with Gasteiger partial charge in [-0.25, -0.2) is 13.9 Å². The molecule has 0 atom stereocenters. The highest BCUT2D eigenvalue weighted by Gasteiger charge is 2.21. The van der Waals surface area contributed by atoms with E-state index < -0.39 is 0 Å². The number of nitrogens with zero attached hydrogens (tertiary/aromatic N) is 4. The van der Waals surface area contributed by atoms with Gasteiger partial charge in [0.2, 0.25) is 5.78 Å². The normalized spacial score (nSPS) is 14.6. The Balaban J connectivity index is 1.63. The Kier molecular flexibility index (Phi) is 7.00. The second kappa shape index (κ2) is 10.4. The average molecular weight is 502 g/mol. The second-order valence-corrected chi connectivity index (χ2v) is 10.7. The van der Waals surface area contributed by atoms with Crippen molar-refractivity contribution in [3.63, 3.8) is 0 Å². The monoisotopic (exact) mass is 501 g/mol. The Labute approximate surface area is 215 Å². The van der Waals surface area contributed by atoms with Crippen LogP contribution in [0.3, 0.4) is 0 Å². The topological polar surface area (TPSA) is 90.4 Å². The first kappa shape index (κ1) is 25.0. The van der Waals surface area contributed by atoms with Gasteiger partial charge < -0.3 is 5.32 Å². The van der Waals surface area contributed by atoms with E-state index in [1.54, 1.807) is 22.8 Å². The molecule has 1 saturated carbocycles. The SMILES string of the molecule is Cc1ccc(Cn2nc3n(CCC(C)C)c(=O)c4ccc(C(=O)NC5CCCCC5)cc4n3c2=O)cc1. The zero-order valence-electron chi connectivity index (χ0n) is 21.9. The molecule has 2 aromatic carbocycles. The fraction of sp³-hybridized carbons (Fsp3) is 0.448. The van der Waals surface area contributed by atoms with Crippen LogP contribution < -0.4 is 16.6 Å². The Bertz CT molecular complexity index is 1550. The largest absolute Gasteiger partial charge is 0.352 e. The van der Waals surface area contributed by atoms with Crippen LogP contribution in [0.1, 0.15) is 73.9 Å². The molecule has 4 aromatic rings. The van der Waals surface area contributed by atoms with E-state index in [1.165, 1.54) is 15.5 Å². The predicted molar refractivity (Wildman–Crippen MR) is 145 cm³/mol. The molecule has 1 amide bonds.